The minimum atomic E-state index is -0.739. The van der Waals surface area contributed by atoms with Crippen molar-refractivity contribution in [2.45, 2.75) is 11.8 Å². The first kappa shape index (κ1) is 28.2. The number of carbonyl (C=O) groups is 2. The van der Waals surface area contributed by atoms with Gasteiger partial charge in [-0.2, -0.15) is 5.10 Å². The predicted molar refractivity (Wildman–Crippen MR) is 159 cm³/mol. The Morgan fingerprint density at radius 1 is 1.07 bits per heavy atom. The van der Waals surface area contributed by atoms with Crippen LogP contribution in [0.25, 0.3) is 16.9 Å². The van der Waals surface area contributed by atoms with Crippen molar-refractivity contribution in [3.8, 4) is 22.7 Å². The average Bonchev–Trinajstić information content (AvgIpc) is 3.66. The molecule has 0 bridgehead atoms. The number of hydrogen-bond acceptors (Lipinski definition) is 6. The van der Waals surface area contributed by atoms with Gasteiger partial charge in [0.2, 0.25) is 11.8 Å². The Labute approximate surface area is 250 Å². The molecule has 218 valence electrons. The zero-order valence-corrected chi connectivity index (χ0v) is 23.8. The highest BCUT2D eigenvalue weighted by Crippen LogP contribution is 2.49. The number of nitrogens with zero attached hydrogens (tertiary/aromatic N) is 3. The third-order valence-electron chi connectivity index (χ3n) is 7.04. The molecule has 1 aliphatic heterocycles. The molecule has 1 atom stereocenters. The van der Waals surface area contributed by atoms with Crippen LogP contribution in [-0.4, -0.2) is 41.0 Å². The summed E-state index contributed by atoms with van der Waals surface area (Å²) in [6, 6.07) is 23.3. The maximum Gasteiger partial charge on any atom is 0.240 e. The molecule has 0 saturated heterocycles. The molecule has 0 radical (unpaired) electrons. The van der Waals surface area contributed by atoms with Crippen LogP contribution in [0.3, 0.4) is 0 Å². The smallest absolute Gasteiger partial charge is 0.240 e. The van der Waals surface area contributed by atoms with Crippen LogP contribution >= 0.6 is 11.8 Å². The van der Waals surface area contributed by atoms with Crippen LogP contribution in [0.15, 0.2) is 95.6 Å². The lowest BCUT2D eigenvalue weighted by Gasteiger charge is -2.23. The number of hydrogen-bond donors (Lipinski definition) is 1. The highest BCUT2D eigenvalue weighted by molar-refractivity contribution is 8.00. The zero-order chi connectivity index (χ0) is 29.9. The van der Waals surface area contributed by atoms with Gasteiger partial charge in [0.25, 0.3) is 0 Å². The number of amides is 2. The van der Waals surface area contributed by atoms with E-state index in [0.717, 1.165) is 11.6 Å². The fourth-order valence-corrected chi connectivity index (χ4v) is 6.21. The Bertz CT molecular complexity index is 1760. The summed E-state index contributed by atoms with van der Waals surface area (Å²) in [4.78, 5) is 28.4. The number of rotatable bonds is 8. The van der Waals surface area contributed by atoms with E-state index in [1.807, 2.05) is 30.3 Å². The number of anilines is 1. The normalized spacial score (nSPS) is 14.7. The molecule has 43 heavy (non-hydrogen) atoms. The van der Waals surface area contributed by atoms with E-state index in [2.05, 4.69) is 5.32 Å². The standard InChI is InChI=1S/C32H26F2N4O4S/c1-41-23-12-10-22(11-13-23)38-32-29(30(36-38)20-6-3-2-4-7-20)31(25-14-9-21(33)16-26(25)34)43-19-28(40)37(32)18-27(39)35-17-24-8-5-15-42-24/h2-16,31H,17-19H2,1H3,(H,35,39)/t31-/m1/s1. The van der Waals surface area contributed by atoms with E-state index in [9.17, 15) is 14.0 Å². The van der Waals surface area contributed by atoms with Crippen LogP contribution in [0.1, 0.15) is 22.1 Å². The second kappa shape index (κ2) is 12.1. The van der Waals surface area contributed by atoms with Gasteiger partial charge in [-0.25, -0.2) is 13.5 Å². The molecule has 0 saturated carbocycles. The van der Waals surface area contributed by atoms with E-state index in [1.165, 1.54) is 35.1 Å². The Kier molecular flexibility index (Phi) is 7.97. The topological polar surface area (TPSA) is 89.6 Å². The average molecular weight is 601 g/mol. The molecule has 3 heterocycles. The van der Waals surface area contributed by atoms with E-state index < -0.39 is 22.8 Å². The molecule has 2 amide bonds. The number of aromatic nitrogens is 2. The number of methoxy groups -OCH3 is 1. The van der Waals surface area contributed by atoms with Crippen molar-refractivity contribution in [1.82, 2.24) is 15.1 Å². The van der Waals surface area contributed by atoms with Gasteiger partial charge < -0.3 is 14.5 Å². The van der Waals surface area contributed by atoms with E-state index in [4.69, 9.17) is 14.3 Å². The van der Waals surface area contributed by atoms with Gasteiger partial charge in [-0.3, -0.25) is 14.5 Å². The zero-order valence-electron chi connectivity index (χ0n) is 23.0. The molecule has 5 aromatic rings. The lowest BCUT2D eigenvalue weighted by molar-refractivity contribution is -0.123. The largest absolute Gasteiger partial charge is 0.497 e. The van der Waals surface area contributed by atoms with Crippen molar-refractivity contribution >= 4 is 29.4 Å². The van der Waals surface area contributed by atoms with Crippen LogP contribution in [0.5, 0.6) is 5.75 Å². The number of carbonyl (C=O) groups excluding carboxylic acids is 2. The first-order valence-corrected chi connectivity index (χ1v) is 14.5. The first-order chi connectivity index (χ1) is 20.9. The number of halogens is 2. The van der Waals surface area contributed by atoms with Crippen molar-refractivity contribution in [1.29, 1.82) is 0 Å². The van der Waals surface area contributed by atoms with Crippen LogP contribution in [0.2, 0.25) is 0 Å². The van der Waals surface area contributed by atoms with Gasteiger partial charge >= 0.3 is 0 Å². The minimum Gasteiger partial charge on any atom is -0.497 e. The van der Waals surface area contributed by atoms with E-state index >= 15 is 4.39 Å². The molecule has 3 aromatic carbocycles. The molecule has 0 fully saturated rings. The molecule has 0 unspecified atom stereocenters. The summed E-state index contributed by atoms with van der Waals surface area (Å²) < 4.78 is 41.6. The van der Waals surface area contributed by atoms with Gasteiger partial charge in [-0.1, -0.05) is 36.4 Å². The highest BCUT2D eigenvalue weighted by Gasteiger charge is 2.38. The van der Waals surface area contributed by atoms with E-state index in [-0.39, 0.29) is 30.3 Å². The summed E-state index contributed by atoms with van der Waals surface area (Å²) in [6.07, 6.45) is 1.51. The second-order valence-electron chi connectivity index (χ2n) is 9.75. The Hall–Kier alpha value is -4.90. The van der Waals surface area contributed by atoms with Crippen LogP contribution in [-0.2, 0) is 16.1 Å². The molecule has 8 nitrogen and oxygen atoms in total. The first-order valence-electron chi connectivity index (χ1n) is 13.4. The van der Waals surface area contributed by atoms with Gasteiger partial charge in [0.05, 0.1) is 42.3 Å². The van der Waals surface area contributed by atoms with Crippen LogP contribution in [0.4, 0.5) is 14.6 Å². The van der Waals surface area contributed by atoms with Gasteiger partial charge in [-0.15, -0.1) is 11.8 Å². The summed E-state index contributed by atoms with van der Waals surface area (Å²) in [5.41, 5.74) is 2.57. The summed E-state index contributed by atoms with van der Waals surface area (Å²) in [5, 5.41) is 7.01. The molecule has 11 heteroatoms. The summed E-state index contributed by atoms with van der Waals surface area (Å²) in [6.45, 7) is -0.173. The van der Waals surface area contributed by atoms with Crippen molar-refractivity contribution in [3.63, 3.8) is 0 Å². The van der Waals surface area contributed by atoms with E-state index in [1.54, 1.807) is 48.2 Å². The molecule has 0 spiro atoms. The summed E-state index contributed by atoms with van der Waals surface area (Å²) in [5.74, 6) is -0.778. The predicted octanol–water partition coefficient (Wildman–Crippen LogP) is 5.90. The van der Waals surface area contributed by atoms with Crippen molar-refractivity contribution in [3.05, 3.63) is 120 Å². The number of thioether (sulfide) groups is 1. The molecule has 6 rings (SSSR count). The maximum atomic E-state index is 15.4. The van der Waals surface area contributed by atoms with E-state index in [0.29, 0.717) is 34.3 Å². The third-order valence-corrected chi connectivity index (χ3v) is 8.28. The summed E-state index contributed by atoms with van der Waals surface area (Å²) in [7, 11) is 1.56. The third kappa shape index (κ3) is 5.76. The molecular weight excluding hydrogens is 574 g/mol. The Morgan fingerprint density at radius 3 is 2.56 bits per heavy atom. The molecule has 2 aromatic heterocycles. The van der Waals surface area contributed by atoms with Gasteiger partial charge in [0.1, 0.15) is 35.5 Å². The van der Waals surface area contributed by atoms with Gasteiger partial charge in [0, 0.05) is 22.8 Å². The summed E-state index contributed by atoms with van der Waals surface area (Å²) >= 11 is 1.20. The van der Waals surface area contributed by atoms with Gasteiger partial charge in [-0.05, 0) is 42.5 Å². The lowest BCUT2D eigenvalue weighted by atomic mass is 9.99. The molecule has 0 aliphatic carbocycles. The number of benzene rings is 3. The number of furan rings is 1. The number of ether oxygens (including phenoxy) is 1. The fourth-order valence-electron chi connectivity index (χ4n) is 4.99. The monoisotopic (exact) mass is 600 g/mol. The maximum absolute atomic E-state index is 15.4. The van der Waals surface area contributed by atoms with Crippen molar-refractivity contribution in [2.75, 3.05) is 24.3 Å². The SMILES string of the molecule is COc1ccc(-n2nc(-c3ccccc3)c3c2N(CC(=O)NCc2ccco2)C(=O)CS[C@@H]3c2ccc(F)cc2F)cc1. The van der Waals surface area contributed by atoms with Crippen molar-refractivity contribution < 1.29 is 27.5 Å². The quantitative estimate of drug-likeness (QED) is 0.239. The molecular formula is C32H26F2N4O4S. The van der Waals surface area contributed by atoms with Crippen LogP contribution in [0, 0.1) is 11.6 Å². The van der Waals surface area contributed by atoms with Crippen LogP contribution < -0.4 is 15.0 Å². The fraction of sp³-hybridized carbons (Fsp3) is 0.156. The second-order valence-corrected chi connectivity index (χ2v) is 10.8. The molecule has 1 aliphatic rings. The highest BCUT2D eigenvalue weighted by atomic mass is 32.2. The van der Waals surface area contributed by atoms with Gasteiger partial charge in [0.15, 0.2) is 0 Å². The van der Waals surface area contributed by atoms with Crippen molar-refractivity contribution in [2.24, 2.45) is 0 Å². The number of fused-ring (bicyclic) bond motifs is 1. The number of nitrogens with one attached hydrogen (secondary N) is 1. The lowest BCUT2D eigenvalue weighted by Crippen LogP contribution is -2.42. The Balaban J connectivity index is 1.55. The minimum absolute atomic E-state index is 0.0571. The Morgan fingerprint density at radius 2 is 1.86 bits per heavy atom. The molecule has 1 N–H and O–H groups in total.